The summed E-state index contributed by atoms with van der Waals surface area (Å²) in [7, 11) is 0. The highest BCUT2D eigenvalue weighted by Crippen LogP contribution is 2.26. The van der Waals surface area contributed by atoms with Crippen molar-refractivity contribution >= 4 is 21.6 Å². The molecule has 1 atom stereocenters. The first-order valence-electron chi connectivity index (χ1n) is 7.25. The molecule has 2 aromatic rings. The molecule has 2 rings (SSSR count). The topological polar surface area (TPSA) is 12.0 Å². The van der Waals surface area contributed by atoms with E-state index in [2.05, 4.69) is 84.5 Å². The van der Waals surface area contributed by atoms with Crippen molar-refractivity contribution < 1.29 is 0 Å². The third-order valence-electron chi connectivity index (χ3n) is 3.58. The molecule has 0 fully saturated rings. The molecular weight excluding hydrogens is 310 g/mol. The molecule has 2 heteroatoms. The van der Waals surface area contributed by atoms with Gasteiger partial charge in [0.15, 0.2) is 0 Å². The normalized spacial score (nSPS) is 12.2. The van der Waals surface area contributed by atoms with Gasteiger partial charge in [-0.05, 0) is 54.7 Å². The highest BCUT2D eigenvalue weighted by molar-refractivity contribution is 9.10. The Morgan fingerprint density at radius 3 is 2.30 bits per heavy atom. The predicted molar refractivity (Wildman–Crippen MR) is 91.4 cm³/mol. The predicted octanol–water partition coefficient (Wildman–Crippen LogP) is 5.88. The molecule has 0 aromatic heterocycles. The summed E-state index contributed by atoms with van der Waals surface area (Å²) < 4.78 is 1.12. The molecule has 0 aliphatic rings. The second-order valence-electron chi connectivity index (χ2n) is 5.22. The molecule has 1 N–H and O–H groups in total. The van der Waals surface area contributed by atoms with E-state index in [1.807, 2.05) is 0 Å². The Kier molecular flexibility index (Phi) is 5.24. The number of aryl methyl sites for hydroxylation is 2. The van der Waals surface area contributed by atoms with Gasteiger partial charge in [0.1, 0.15) is 0 Å². The summed E-state index contributed by atoms with van der Waals surface area (Å²) in [6.07, 6.45) is 2.16. The minimum Gasteiger partial charge on any atom is -0.378 e. The van der Waals surface area contributed by atoms with Gasteiger partial charge >= 0.3 is 0 Å². The second kappa shape index (κ2) is 6.94. The van der Waals surface area contributed by atoms with Gasteiger partial charge in [0.05, 0.1) is 6.04 Å². The van der Waals surface area contributed by atoms with Crippen LogP contribution in [0.2, 0.25) is 0 Å². The van der Waals surface area contributed by atoms with Crippen molar-refractivity contribution in [2.24, 2.45) is 0 Å². The Labute approximate surface area is 130 Å². The number of rotatable bonds is 5. The lowest BCUT2D eigenvalue weighted by Crippen LogP contribution is -2.09. The average molecular weight is 332 g/mol. The van der Waals surface area contributed by atoms with Gasteiger partial charge in [-0.15, -0.1) is 0 Å². The van der Waals surface area contributed by atoms with Crippen LogP contribution in [0, 0.1) is 6.92 Å². The van der Waals surface area contributed by atoms with E-state index >= 15 is 0 Å². The smallest absolute Gasteiger partial charge is 0.0511 e. The zero-order valence-corrected chi connectivity index (χ0v) is 14.0. The van der Waals surface area contributed by atoms with Gasteiger partial charge in [-0.25, -0.2) is 0 Å². The van der Waals surface area contributed by atoms with Crippen molar-refractivity contribution in [3.63, 3.8) is 0 Å². The van der Waals surface area contributed by atoms with E-state index in [1.165, 1.54) is 22.4 Å². The van der Waals surface area contributed by atoms with E-state index < -0.39 is 0 Å². The van der Waals surface area contributed by atoms with Crippen LogP contribution in [0.3, 0.4) is 0 Å². The molecule has 0 radical (unpaired) electrons. The molecule has 0 bridgehead atoms. The lowest BCUT2D eigenvalue weighted by molar-refractivity contribution is 0.748. The summed E-state index contributed by atoms with van der Waals surface area (Å²) >= 11 is 3.56. The Balaban J connectivity index is 2.19. The van der Waals surface area contributed by atoms with Crippen molar-refractivity contribution in [1.29, 1.82) is 0 Å². The van der Waals surface area contributed by atoms with Crippen LogP contribution >= 0.6 is 15.9 Å². The van der Waals surface area contributed by atoms with Gasteiger partial charge in [-0.2, -0.15) is 0 Å². The highest BCUT2D eigenvalue weighted by atomic mass is 79.9. The molecule has 1 unspecified atom stereocenters. The lowest BCUT2D eigenvalue weighted by Gasteiger charge is -2.20. The van der Waals surface area contributed by atoms with Gasteiger partial charge in [-0.3, -0.25) is 0 Å². The van der Waals surface area contributed by atoms with Gasteiger partial charge in [-0.1, -0.05) is 54.0 Å². The Morgan fingerprint density at radius 1 is 1.05 bits per heavy atom. The van der Waals surface area contributed by atoms with E-state index in [0.29, 0.717) is 6.04 Å². The first kappa shape index (κ1) is 15.1. The van der Waals surface area contributed by atoms with Crippen molar-refractivity contribution in [3.8, 4) is 0 Å². The maximum atomic E-state index is 3.63. The van der Waals surface area contributed by atoms with Crippen LogP contribution < -0.4 is 5.32 Å². The van der Waals surface area contributed by atoms with Crippen LogP contribution in [0.5, 0.6) is 0 Å². The van der Waals surface area contributed by atoms with Crippen molar-refractivity contribution in [3.05, 3.63) is 63.6 Å². The molecule has 0 aliphatic carbocycles. The van der Waals surface area contributed by atoms with Crippen LogP contribution in [0.25, 0.3) is 0 Å². The van der Waals surface area contributed by atoms with Gasteiger partial charge in [0.2, 0.25) is 0 Å². The van der Waals surface area contributed by atoms with E-state index in [-0.39, 0.29) is 0 Å². The first-order valence-corrected chi connectivity index (χ1v) is 8.04. The zero-order chi connectivity index (χ0) is 14.5. The van der Waals surface area contributed by atoms with E-state index in [1.54, 1.807) is 0 Å². The number of nitrogens with one attached hydrogen (secondary N) is 1. The SMILES string of the molecule is CCc1ccc(C(CC)Nc2cc(C)cc(Br)c2)cc1. The van der Waals surface area contributed by atoms with E-state index in [0.717, 1.165) is 17.3 Å². The lowest BCUT2D eigenvalue weighted by atomic mass is 10.0. The minimum atomic E-state index is 0.356. The fourth-order valence-electron chi connectivity index (χ4n) is 2.43. The van der Waals surface area contributed by atoms with Crippen molar-refractivity contribution in [2.45, 2.75) is 39.7 Å². The molecule has 0 saturated heterocycles. The van der Waals surface area contributed by atoms with Crippen LogP contribution in [0.15, 0.2) is 46.9 Å². The molecular formula is C18H22BrN. The van der Waals surface area contributed by atoms with Crippen LogP contribution in [-0.4, -0.2) is 0 Å². The average Bonchev–Trinajstić information content (AvgIpc) is 2.44. The number of hydrogen-bond acceptors (Lipinski definition) is 1. The third-order valence-corrected chi connectivity index (χ3v) is 4.04. The third kappa shape index (κ3) is 3.86. The monoisotopic (exact) mass is 331 g/mol. The number of hydrogen-bond donors (Lipinski definition) is 1. The molecule has 0 heterocycles. The van der Waals surface area contributed by atoms with Gasteiger partial charge < -0.3 is 5.32 Å². The van der Waals surface area contributed by atoms with Crippen molar-refractivity contribution in [2.75, 3.05) is 5.32 Å². The fraction of sp³-hybridized carbons (Fsp3) is 0.333. The molecule has 0 spiro atoms. The van der Waals surface area contributed by atoms with Gasteiger partial charge in [0, 0.05) is 10.2 Å². The van der Waals surface area contributed by atoms with Crippen LogP contribution in [0.4, 0.5) is 5.69 Å². The molecule has 0 amide bonds. The van der Waals surface area contributed by atoms with Crippen molar-refractivity contribution in [1.82, 2.24) is 0 Å². The number of halogens is 1. The summed E-state index contributed by atoms with van der Waals surface area (Å²) in [6, 6.07) is 15.7. The Hall–Kier alpha value is -1.28. The molecule has 2 aromatic carbocycles. The maximum absolute atomic E-state index is 3.63. The standard InChI is InChI=1S/C18H22BrN/c1-4-14-6-8-15(9-7-14)18(5-2)20-17-11-13(3)10-16(19)12-17/h6-12,18,20H,4-5H2,1-3H3. The van der Waals surface area contributed by atoms with E-state index in [9.17, 15) is 0 Å². The number of anilines is 1. The van der Waals surface area contributed by atoms with Crippen LogP contribution in [0.1, 0.15) is 43.0 Å². The maximum Gasteiger partial charge on any atom is 0.0511 e. The molecule has 0 saturated carbocycles. The summed E-state index contributed by atoms with van der Waals surface area (Å²) in [6.45, 7) is 6.53. The summed E-state index contributed by atoms with van der Waals surface area (Å²) in [5, 5.41) is 3.63. The minimum absolute atomic E-state index is 0.356. The van der Waals surface area contributed by atoms with Crippen LogP contribution in [-0.2, 0) is 6.42 Å². The largest absolute Gasteiger partial charge is 0.378 e. The summed E-state index contributed by atoms with van der Waals surface area (Å²) in [4.78, 5) is 0. The first-order chi connectivity index (χ1) is 9.62. The Morgan fingerprint density at radius 2 is 1.75 bits per heavy atom. The fourth-order valence-corrected chi connectivity index (χ4v) is 3.04. The molecule has 106 valence electrons. The van der Waals surface area contributed by atoms with E-state index in [4.69, 9.17) is 0 Å². The quantitative estimate of drug-likeness (QED) is 0.720. The number of benzene rings is 2. The van der Waals surface area contributed by atoms with Gasteiger partial charge in [0.25, 0.3) is 0 Å². The highest BCUT2D eigenvalue weighted by Gasteiger charge is 2.09. The molecule has 20 heavy (non-hydrogen) atoms. The Bertz CT molecular complexity index is 540. The molecule has 1 nitrogen and oxygen atoms in total. The summed E-state index contributed by atoms with van der Waals surface area (Å²) in [5.74, 6) is 0. The second-order valence-corrected chi connectivity index (χ2v) is 6.13. The zero-order valence-electron chi connectivity index (χ0n) is 12.4. The molecule has 0 aliphatic heterocycles. The summed E-state index contributed by atoms with van der Waals surface area (Å²) in [5.41, 5.74) is 5.17.